The third kappa shape index (κ3) is 2.05. The molecule has 1 aliphatic rings. The highest BCUT2D eigenvalue weighted by Crippen LogP contribution is 2.35. The predicted octanol–water partition coefficient (Wildman–Crippen LogP) is 2.88. The molecule has 2 amide bonds. The van der Waals surface area contributed by atoms with Crippen molar-refractivity contribution in [2.75, 3.05) is 4.90 Å². The lowest BCUT2D eigenvalue weighted by Gasteiger charge is -2.26. The first-order chi connectivity index (χ1) is 8.32. The first kappa shape index (κ1) is 12.8. The Morgan fingerprint density at radius 1 is 1.17 bits per heavy atom. The van der Waals surface area contributed by atoms with Gasteiger partial charge in [0.15, 0.2) is 0 Å². The van der Waals surface area contributed by atoms with E-state index in [0.717, 1.165) is 11.3 Å². The lowest BCUT2D eigenvalue weighted by Crippen LogP contribution is -2.32. The number of benzene rings is 1. The summed E-state index contributed by atoms with van der Waals surface area (Å²) in [5.74, 6) is -0.383. The van der Waals surface area contributed by atoms with Crippen LogP contribution in [0.1, 0.15) is 39.7 Å². The minimum atomic E-state index is -0.203. The van der Waals surface area contributed by atoms with E-state index in [0.29, 0.717) is 6.42 Å². The van der Waals surface area contributed by atoms with Crippen LogP contribution in [0.15, 0.2) is 24.3 Å². The van der Waals surface area contributed by atoms with E-state index in [4.69, 9.17) is 0 Å². The molecule has 0 aliphatic carbocycles. The average Bonchev–Trinajstić information content (AvgIpc) is 2.52. The minimum Gasteiger partial charge on any atom is -0.274 e. The molecule has 18 heavy (non-hydrogen) atoms. The highest BCUT2D eigenvalue weighted by Gasteiger charge is 2.38. The SMILES string of the molecule is CC1CC(=O)N(c2ccccc2C(C)(C)C)C1=O. The van der Waals surface area contributed by atoms with E-state index in [2.05, 4.69) is 20.8 Å². The van der Waals surface area contributed by atoms with Crippen LogP contribution in [0.2, 0.25) is 0 Å². The normalized spacial score (nSPS) is 20.7. The Bertz CT molecular complexity index is 499. The van der Waals surface area contributed by atoms with Gasteiger partial charge >= 0.3 is 0 Å². The molecule has 0 saturated carbocycles. The predicted molar refractivity (Wildman–Crippen MR) is 71.4 cm³/mol. The van der Waals surface area contributed by atoms with Gasteiger partial charge < -0.3 is 0 Å². The summed E-state index contributed by atoms with van der Waals surface area (Å²) in [6, 6.07) is 7.65. The Balaban J connectivity index is 2.52. The fourth-order valence-electron chi connectivity index (χ4n) is 2.34. The molecule has 1 aromatic carbocycles. The molecule has 1 fully saturated rings. The summed E-state index contributed by atoms with van der Waals surface area (Å²) in [7, 11) is 0. The van der Waals surface area contributed by atoms with Gasteiger partial charge in [0, 0.05) is 12.3 Å². The van der Waals surface area contributed by atoms with Crippen molar-refractivity contribution in [3.8, 4) is 0 Å². The fraction of sp³-hybridized carbons (Fsp3) is 0.467. The molecule has 0 spiro atoms. The number of hydrogen-bond donors (Lipinski definition) is 0. The highest BCUT2D eigenvalue weighted by molar-refractivity contribution is 6.21. The lowest BCUT2D eigenvalue weighted by atomic mass is 9.85. The molecule has 1 heterocycles. The van der Waals surface area contributed by atoms with E-state index in [9.17, 15) is 9.59 Å². The Hall–Kier alpha value is -1.64. The third-order valence-electron chi connectivity index (χ3n) is 3.33. The van der Waals surface area contributed by atoms with Crippen LogP contribution in [0.25, 0.3) is 0 Å². The van der Waals surface area contributed by atoms with Gasteiger partial charge in [-0.2, -0.15) is 0 Å². The summed E-state index contributed by atoms with van der Waals surface area (Å²) in [5.41, 5.74) is 1.67. The van der Waals surface area contributed by atoms with Crippen molar-refractivity contribution in [3.05, 3.63) is 29.8 Å². The van der Waals surface area contributed by atoms with Crippen molar-refractivity contribution >= 4 is 17.5 Å². The number of carbonyl (C=O) groups excluding carboxylic acids is 2. The third-order valence-corrected chi connectivity index (χ3v) is 3.33. The van der Waals surface area contributed by atoms with Gasteiger partial charge in [0.1, 0.15) is 0 Å². The van der Waals surface area contributed by atoms with Crippen molar-refractivity contribution in [2.45, 2.75) is 39.5 Å². The van der Waals surface area contributed by atoms with E-state index < -0.39 is 0 Å². The van der Waals surface area contributed by atoms with Crippen molar-refractivity contribution in [2.24, 2.45) is 5.92 Å². The molecule has 1 aromatic rings. The van der Waals surface area contributed by atoms with Gasteiger partial charge in [0.25, 0.3) is 0 Å². The van der Waals surface area contributed by atoms with Crippen molar-refractivity contribution in [1.82, 2.24) is 0 Å². The second-order valence-electron chi connectivity index (χ2n) is 5.94. The lowest BCUT2D eigenvalue weighted by molar-refractivity contribution is -0.122. The summed E-state index contributed by atoms with van der Waals surface area (Å²) in [6.45, 7) is 8.06. The number of hydrogen-bond acceptors (Lipinski definition) is 2. The van der Waals surface area contributed by atoms with E-state index in [1.807, 2.05) is 24.3 Å². The van der Waals surface area contributed by atoms with Gasteiger partial charge in [-0.25, -0.2) is 0 Å². The van der Waals surface area contributed by atoms with Crippen molar-refractivity contribution < 1.29 is 9.59 Å². The van der Waals surface area contributed by atoms with Gasteiger partial charge in [0.05, 0.1) is 5.69 Å². The molecule has 3 heteroatoms. The molecule has 1 saturated heterocycles. The zero-order chi connectivity index (χ0) is 13.5. The van der Waals surface area contributed by atoms with Gasteiger partial charge in [-0.3, -0.25) is 14.5 Å². The van der Waals surface area contributed by atoms with Gasteiger partial charge in [0.2, 0.25) is 11.8 Å². The minimum absolute atomic E-state index is 0.0864. The Morgan fingerprint density at radius 2 is 1.78 bits per heavy atom. The molecule has 1 aliphatic heterocycles. The highest BCUT2D eigenvalue weighted by atomic mass is 16.2. The monoisotopic (exact) mass is 245 g/mol. The smallest absolute Gasteiger partial charge is 0.237 e. The number of amides is 2. The van der Waals surface area contributed by atoms with Crippen molar-refractivity contribution in [1.29, 1.82) is 0 Å². The number of nitrogens with zero attached hydrogens (tertiary/aromatic N) is 1. The zero-order valence-electron chi connectivity index (χ0n) is 11.4. The van der Waals surface area contributed by atoms with E-state index >= 15 is 0 Å². The molecule has 0 bridgehead atoms. The average molecular weight is 245 g/mol. The molecule has 96 valence electrons. The molecule has 0 N–H and O–H groups in total. The summed E-state index contributed by atoms with van der Waals surface area (Å²) >= 11 is 0. The second kappa shape index (κ2) is 4.23. The maximum absolute atomic E-state index is 12.1. The number of anilines is 1. The first-order valence-electron chi connectivity index (χ1n) is 6.28. The summed E-state index contributed by atoms with van der Waals surface area (Å²) < 4.78 is 0. The van der Waals surface area contributed by atoms with Crippen LogP contribution in [0.4, 0.5) is 5.69 Å². The Morgan fingerprint density at radius 3 is 2.28 bits per heavy atom. The van der Waals surface area contributed by atoms with Crippen LogP contribution < -0.4 is 4.90 Å². The Labute approximate surface area is 108 Å². The molecule has 2 rings (SSSR count). The maximum Gasteiger partial charge on any atom is 0.237 e. The zero-order valence-corrected chi connectivity index (χ0v) is 11.4. The molecule has 1 unspecified atom stereocenters. The first-order valence-corrected chi connectivity index (χ1v) is 6.28. The van der Waals surface area contributed by atoms with Crippen LogP contribution >= 0.6 is 0 Å². The van der Waals surface area contributed by atoms with Crippen molar-refractivity contribution in [3.63, 3.8) is 0 Å². The maximum atomic E-state index is 12.1. The standard InChI is InChI=1S/C15H19NO2/c1-10-9-13(17)16(14(10)18)12-8-6-5-7-11(12)15(2,3)4/h5-8,10H,9H2,1-4H3. The van der Waals surface area contributed by atoms with Crippen LogP contribution in [0.5, 0.6) is 0 Å². The molecule has 0 radical (unpaired) electrons. The molecule has 1 atom stereocenters. The summed E-state index contributed by atoms with van der Waals surface area (Å²) in [5, 5.41) is 0. The fourth-order valence-corrected chi connectivity index (χ4v) is 2.34. The van der Waals surface area contributed by atoms with Crippen LogP contribution in [0, 0.1) is 5.92 Å². The molecular weight excluding hydrogens is 226 g/mol. The Kier molecular flexibility index (Phi) is 3.01. The summed E-state index contributed by atoms with van der Waals surface area (Å²) in [4.78, 5) is 25.4. The number of carbonyl (C=O) groups is 2. The van der Waals surface area contributed by atoms with Crippen LogP contribution in [-0.4, -0.2) is 11.8 Å². The number of rotatable bonds is 1. The topological polar surface area (TPSA) is 37.4 Å². The number of para-hydroxylation sites is 1. The second-order valence-corrected chi connectivity index (χ2v) is 5.94. The van der Waals surface area contributed by atoms with E-state index in [-0.39, 0.29) is 23.1 Å². The van der Waals surface area contributed by atoms with Gasteiger partial charge in [-0.05, 0) is 17.0 Å². The van der Waals surface area contributed by atoms with Gasteiger partial charge in [-0.1, -0.05) is 45.9 Å². The molecular formula is C15H19NO2. The number of imide groups is 1. The summed E-state index contributed by atoms with van der Waals surface area (Å²) in [6.07, 6.45) is 0.317. The quantitative estimate of drug-likeness (QED) is 0.713. The van der Waals surface area contributed by atoms with Crippen LogP contribution in [-0.2, 0) is 15.0 Å². The largest absolute Gasteiger partial charge is 0.274 e. The van der Waals surface area contributed by atoms with E-state index in [1.54, 1.807) is 6.92 Å². The molecule has 3 nitrogen and oxygen atoms in total. The molecule has 0 aromatic heterocycles. The van der Waals surface area contributed by atoms with Gasteiger partial charge in [-0.15, -0.1) is 0 Å². The van der Waals surface area contributed by atoms with Crippen LogP contribution in [0.3, 0.4) is 0 Å². The van der Waals surface area contributed by atoms with E-state index in [1.165, 1.54) is 4.90 Å².